The van der Waals surface area contributed by atoms with E-state index in [0.717, 1.165) is 45.0 Å². The Hall–Kier alpha value is -2.88. The number of benzene rings is 1. The standard InChI is InChI=1S/C25H33F3N4O3/c1-4-35-23(34)10-7-16(2)14-32-11-5-6-19(15-32)29-22-12-17(3)24(31-30-22)20-9-8-18(13-21(20)33)25(26,27)28/h8-9,12-13,16,19,33H,4-7,10-11,14-15H2,1-3H3,(H,29,30)/t16-,19-/m1/s1. The molecule has 0 aliphatic carbocycles. The molecule has 2 aromatic rings. The second-order valence-corrected chi connectivity index (χ2v) is 9.18. The number of nitrogens with zero attached hydrogens (tertiary/aromatic N) is 3. The zero-order chi connectivity index (χ0) is 25.6. The van der Waals surface area contributed by atoms with Crippen LogP contribution in [-0.4, -0.2) is 58.5 Å². The Morgan fingerprint density at radius 3 is 2.74 bits per heavy atom. The van der Waals surface area contributed by atoms with Crippen LogP contribution >= 0.6 is 0 Å². The molecule has 1 saturated heterocycles. The van der Waals surface area contributed by atoms with Crippen molar-refractivity contribution < 1.29 is 27.8 Å². The fraction of sp³-hybridized carbons (Fsp3) is 0.560. The smallest absolute Gasteiger partial charge is 0.416 e. The van der Waals surface area contributed by atoms with Gasteiger partial charge in [-0.1, -0.05) is 6.92 Å². The number of hydrogen-bond acceptors (Lipinski definition) is 7. The molecular formula is C25H33F3N4O3. The Bertz CT molecular complexity index is 1020. The number of halogens is 3. The average Bonchev–Trinajstić information content (AvgIpc) is 2.78. The van der Waals surface area contributed by atoms with Crippen molar-refractivity contribution in [1.29, 1.82) is 0 Å². The fourth-order valence-electron chi connectivity index (χ4n) is 4.41. The van der Waals surface area contributed by atoms with Crippen LogP contribution in [0.1, 0.15) is 50.7 Å². The molecule has 7 nitrogen and oxygen atoms in total. The lowest BCUT2D eigenvalue weighted by Gasteiger charge is -2.34. The molecule has 1 aliphatic rings. The predicted octanol–water partition coefficient (Wildman–Crippen LogP) is 5.03. The molecule has 1 aromatic carbocycles. The predicted molar refractivity (Wildman–Crippen MR) is 127 cm³/mol. The summed E-state index contributed by atoms with van der Waals surface area (Å²) < 4.78 is 43.7. The van der Waals surface area contributed by atoms with E-state index in [-0.39, 0.29) is 17.6 Å². The third kappa shape index (κ3) is 7.55. The van der Waals surface area contributed by atoms with Crippen LogP contribution < -0.4 is 5.32 Å². The van der Waals surface area contributed by atoms with Crippen LogP contribution in [0.5, 0.6) is 5.75 Å². The lowest BCUT2D eigenvalue weighted by Crippen LogP contribution is -2.44. The molecule has 1 aromatic heterocycles. The SMILES string of the molecule is CCOC(=O)CC[C@@H](C)CN1CCC[C@@H](Nc2cc(C)c(-c3ccc(C(F)(F)F)cc3O)nn2)C1. The average molecular weight is 495 g/mol. The molecule has 2 atom stereocenters. The van der Waals surface area contributed by atoms with Gasteiger partial charge in [-0.05, 0) is 75.4 Å². The van der Waals surface area contributed by atoms with Crippen molar-refractivity contribution in [2.75, 3.05) is 31.6 Å². The van der Waals surface area contributed by atoms with E-state index < -0.39 is 17.5 Å². The second kappa shape index (κ2) is 11.7. The number of phenols is 1. The monoisotopic (exact) mass is 494 g/mol. The van der Waals surface area contributed by atoms with E-state index in [2.05, 4.69) is 27.3 Å². The zero-order valence-corrected chi connectivity index (χ0v) is 20.4. The van der Waals surface area contributed by atoms with Gasteiger partial charge in [0.15, 0.2) is 0 Å². The van der Waals surface area contributed by atoms with Gasteiger partial charge in [0.05, 0.1) is 17.9 Å². The number of aromatic hydroxyl groups is 1. The first-order chi connectivity index (χ1) is 16.6. The zero-order valence-electron chi connectivity index (χ0n) is 20.4. The third-order valence-electron chi connectivity index (χ3n) is 6.14. The third-order valence-corrected chi connectivity index (χ3v) is 6.14. The number of carbonyl (C=O) groups is 1. The highest BCUT2D eigenvalue weighted by atomic mass is 19.4. The van der Waals surface area contributed by atoms with Gasteiger partial charge in [-0.2, -0.15) is 13.2 Å². The number of aromatic nitrogens is 2. The summed E-state index contributed by atoms with van der Waals surface area (Å²) in [7, 11) is 0. The highest BCUT2D eigenvalue weighted by molar-refractivity contribution is 5.70. The minimum absolute atomic E-state index is 0.153. The van der Waals surface area contributed by atoms with E-state index >= 15 is 0 Å². The number of piperidine rings is 1. The van der Waals surface area contributed by atoms with Crippen molar-refractivity contribution in [2.45, 2.75) is 58.7 Å². The summed E-state index contributed by atoms with van der Waals surface area (Å²) in [5.74, 6) is 0.313. The van der Waals surface area contributed by atoms with Gasteiger partial charge in [0, 0.05) is 31.1 Å². The second-order valence-electron chi connectivity index (χ2n) is 9.18. The van der Waals surface area contributed by atoms with E-state index in [0.29, 0.717) is 42.1 Å². The van der Waals surface area contributed by atoms with Crippen molar-refractivity contribution in [1.82, 2.24) is 15.1 Å². The number of nitrogens with one attached hydrogen (secondary N) is 1. The molecule has 0 bridgehead atoms. The molecule has 0 spiro atoms. The molecule has 10 heteroatoms. The number of carbonyl (C=O) groups excluding carboxylic acids is 1. The maximum absolute atomic E-state index is 12.9. The van der Waals surface area contributed by atoms with Gasteiger partial charge in [0.1, 0.15) is 11.6 Å². The number of rotatable bonds is 9. The molecule has 2 N–H and O–H groups in total. The summed E-state index contributed by atoms with van der Waals surface area (Å²) in [6.07, 6.45) is -1.30. The summed E-state index contributed by atoms with van der Waals surface area (Å²) in [6, 6.07) is 4.81. The first kappa shape index (κ1) is 26.7. The van der Waals surface area contributed by atoms with Crippen LogP contribution in [0.4, 0.5) is 19.0 Å². The van der Waals surface area contributed by atoms with Crippen molar-refractivity contribution in [3.8, 4) is 17.0 Å². The van der Waals surface area contributed by atoms with E-state index in [1.807, 2.05) is 0 Å². The lowest BCUT2D eigenvalue weighted by molar-refractivity contribution is -0.143. The Labute approximate surface area is 203 Å². The maximum Gasteiger partial charge on any atom is 0.416 e. The number of phenolic OH excluding ortho intramolecular Hbond substituents is 1. The quantitative estimate of drug-likeness (QED) is 0.473. The number of alkyl halides is 3. The van der Waals surface area contributed by atoms with E-state index in [4.69, 9.17) is 4.74 Å². The number of ether oxygens (including phenoxy) is 1. The minimum Gasteiger partial charge on any atom is -0.507 e. The van der Waals surface area contributed by atoms with Crippen molar-refractivity contribution >= 4 is 11.8 Å². The molecule has 0 amide bonds. The molecule has 0 saturated carbocycles. The number of esters is 1. The molecule has 1 aliphatic heterocycles. The van der Waals surface area contributed by atoms with Crippen LogP contribution in [0.25, 0.3) is 11.3 Å². The highest BCUT2D eigenvalue weighted by Crippen LogP contribution is 2.36. The van der Waals surface area contributed by atoms with Gasteiger partial charge < -0.3 is 20.1 Å². The summed E-state index contributed by atoms with van der Waals surface area (Å²) in [6.45, 7) is 8.87. The summed E-state index contributed by atoms with van der Waals surface area (Å²) in [5, 5.41) is 21.9. The van der Waals surface area contributed by atoms with Gasteiger partial charge >= 0.3 is 12.1 Å². The number of anilines is 1. The Balaban J connectivity index is 1.59. The fourth-order valence-corrected chi connectivity index (χ4v) is 4.41. The van der Waals surface area contributed by atoms with Gasteiger partial charge in [-0.25, -0.2) is 0 Å². The number of aryl methyl sites for hydroxylation is 1. The molecule has 0 radical (unpaired) electrons. The normalized spacial score (nSPS) is 17.7. The van der Waals surface area contributed by atoms with Crippen LogP contribution in [0.2, 0.25) is 0 Å². The largest absolute Gasteiger partial charge is 0.507 e. The molecule has 0 unspecified atom stereocenters. The van der Waals surface area contributed by atoms with E-state index in [9.17, 15) is 23.1 Å². The van der Waals surface area contributed by atoms with Crippen LogP contribution in [0.15, 0.2) is 24.3 Å². The molecule has 1 fully saturated rings. The lowest BCUT2D eigenvalue weighted by atomic mass is 10.0. The maximum atomic E-state index is 12.9. The van der Waals surface area contributed by atoms with Crippen molar-refractivity contribution in [3.63, 3.8) is 0 Å². The molecule has 192 valence electrons. The van der Waals surface area contributed by atoms with Gasteiger partial charge in [0.25, 0.3) is 0 Å². The van der Waals surface area contributed by atoms with Gasteiger partial charge in [0.2, 0.25) is 0 Å². The molecule has 2 heterocycles. The number of hydrogen-bond donors (Lipinski definition) is 2. The van der Waals surface area contributed by atoms with E-state index in [1.54, 1.807) is 19.9 Å². The van der Waals surface area contributed by atoms with Gasteiger partial charge in [-0.15, -0.1) is 10.2 Å². The van der Waals surface area contributed by atoms with Crippen LogP contribution in [0, 0.1) is 12.8 Å². The van der Waals surface area contributed by atoms with Gasteiger partial charge in [-0.3, -0.25) is 4.79 Å². The Morgan fingerprint density at radius 2 is 2.09 bits per heavy atom. The summed E-state index contributed by atoms with van der Waals surface area (Å²) >= 11 is 0. The van der Waals surface area contributed by atoms with Crippen molar-refractivity contribution in [3.05, 3.63) is 35.4 Å². The first-order valence-electron chi connectivity index (χ1n) is 12.0. The molecule has 35 heavy (non-hydrogen) atoms. The first-order valence-corrected chi connectivity index (χ1v) is 12.0. The Kier molecular flexibility index (Phi) is 8.93. The topological polar surface area (TPSA) is 87.6 Å². The van der Waals surface area contributed by atoms with Crippen LogP contribution in [0.3, 0.4) is 0 Å². The van der Waals surface area contributed by atoms with Crippen LogP contribution in [-0.2, 0) is 15.7 Å². The summed E-state index contributed by atoms with van der Waals surface area (Å²) in [4.78, 5) is 14.0. The highest BCUT2D eigenvalue weighted by Gasteiger charge is 2.31. The van der Waals surface area contributed by atoms with Crippen molar-refractivity contribution in [2.24, 2.45) is 5.92 Å². The molecular weight excluding hydrogens is 461 g/mol. The van der Waals surface area contributed by atoms with E-state index in [1.165, 1.54) is 6.07 Å². The molecule has 3 rings (SSSR count). The number of likely N-dealkylation sites (tertiary alicyclic amines) is 1. The Morgan fingerprint density at radius 1 is 1.31 bits per heavy atom. The minimum atomic E-state index is -4.53. The summed E-state index contributed by atoms with van der Waals surface area (Å²) in [5.41, 5.74) is 0.315.